The molecule has 1 nitrogen and oxygen atoms in total. The monoisotopic (exact) mass is 172 g/mol. The summed E-state index contributed by atoms with van der Waals surface area (Å²) in [5.74, 6) is 2.24. The van der Waals surface area contributed by atoms with Gasteiger partial charge in [-0.2, -0.15) is 0 Å². The maximum atomic E-state index is 9.18. The molecule has 0 aliphatic rings. The fourth-order valence-corrected chi connectivity index (χ4v) is 1.08. The summed E-state index contributed by atoms with van der Waals surface area (Å²) in [7, 11) is 0. The van der Waals surface area contributed by atoms with Crippen molar-refractivity contribution in [3.8, 4) is 12.3 Å². The topological polar surface area (TPSA) is 20.2 Å². The SMILES string of the molecule is C#CC(O)C=C(C)c1ccccc1. The quantitative estimate of drug-likeness (QED) is 0.677. The summed E-state index contributed by atoms with van der Waals surface area (Å²) in [6.45, 7) is 1.93. The number of hydrogen-bond acceptors (Lipinski definition) is 1. The first-order chi connectivity index (χ1) is 6.24. The lowest BCUT2D eigenvalue weighted by molar-refractivity contribution is 0.281. The fourth-order valence-electron chi connectivity index (χ4n) is 1.08. The molecule has 0 radical (unpaired) electrons. The van der Waals surface area contributed by atoms with Crippen LogP contribution in [0.3, 0.4) is 0 Å². The molecular weight excluding hydrogens is 160 g/mol. The number of allylic oxidation sites excluding steroid dienone is 1. The summed E-state index contributed by atoms with van der Waals surface area (Å²) in [4.78, 5) is 0. The van der Waals surface area contributed by atoms with Gasteiger partial charge in [0.05, 0.1) is 0 Å². The van der Waals surface area contributed by atoms with Gasteiger partial charge in [-0.15, -0.1) is 6.42 Å². The molecule has 0 spiro atoms. The molecule has 0 saturated carbocycles. The van der Waals surface area contributed by atoms with E-state index in [4.69, 9.17) is 6.42 Å². The van der Waals surface area contributed by atoms with E-state index in [1.54, 1.807) is 6.08 Å². The van der Waals surface area contributed by atoms with Crippen LogP contribution in [0, 0.1) is 12.3 Å². The van der Waals surface area contributed by atoms with E-state index < -0.39 is 6.10 Å². The van der Waals surface area contributed by atoms with Crippen molar-refractivity contribution in [3.63, 3.8) is 0 Å². The Labute approximate surface area is 78.7 Å². The van der Waals surface area contributed by atoms with Crippen molar-refractivity contribution in [1.29, 1.82) is 0 Å². The van der Waals surface area contributed by atoms with Crippen molar-refractivity contribution in [2.75, 3.05) is 0 Å². The zero-order valence-electron chi connectivity index (χ0n) is 7.57. The lowest BCUT2D eigenvalue weighted by Gasteiger charge is -2.01. The van der Waals surface area contributed by atoms with Crippen LogP contribution in [-0.2, 0) is 0 Å². The van der Waals surface area contributed by atoms with Gasteiger partial charge in [-0.3, -0.25) is 0 Å². The van der Waals surface area contributed by atoms with Gasteiger partial charge < -0.3 is 5.11 Å². The highest BCUT2D eigenvalue weighted by Gasteiger charge is 1.97. The van der Waals surface area contributed by atoms with Gasteiger partial charge in [-0.05, 0) is 24.1 Å². The standard InChI is InChI=1S/C12H12O/c1-3-12(13)9-10(2)11-7-5-4-6-8-11/h1,4-9,12-13H,2H3. The highest BCUT2D eigenvalue weighted by atomic mass is 16.3. The van der Waals surface area contributed by atoms with Crippen molar-refractivity contribution in [2.45, 2.75) is 13.0 Å². The van der Waals surface area contributed by atoms with Crippen LogP contribution in [0.2, 0.25) is 0 Å². The van der Waals surface area contributed by atoms with Gasteiger partial charge in [0.25, 0.3) is 0 Å². The summed E-state index contributed by atoms with van der Waals surface area (Å²) in [6, 6.07) is 9.82. The van der Waals surface area contributed by atoms with Crippen LogP contribution in [0.4, 0.5) is 0 Å². The van der Waals surface area contributed by atoms with E-state index in [0.29, 0.717) is 0 Å². The van der Waals surface area contributed by atoms with Gasteiger partial charge in [0, 0.05) is 0 Å². The molecule has 1 heteroatoms. The summed E-state index contributed by atoms with van der Waals surface area (Å²) < 4.78 is 0. The Kier molecular flexibility index (Phi) is 3.31. The average Bonchev–Trinajstić information content (AvgIpc) is 2.19. The molecule has 0 saturated heterocycles. The minimum atomic E-state index is -0.791. The molecule has 0 fully saturated rings. The normalized spacial score (nSPS) is 13.5. The smallest absolute Gasteiger partial charge is 0.133 e. The van der Waals surface area contributed by atoms with Gasteiger partial charge >= 0.3 is 0 Å². The second-order valence-electron chi connectivity index (χ2n) is 2.83. The van der Waals surface area contributed by atoms with Gasteiger partial charge in [0.15, 0.2) is 0 Å². The first-order valence-electron chi connectivity index (χ1n) is 4.12. The average molecular weight is 172 g/mol. The third kappa shape index (κ3) is 2.77. The molecular formula is C12H12O. The summed E-state index contributed by atoms with van der Waals surface area (Å²) in [5, 5.41) is 9.18. The first kappa shape index (κ1) is 9.57. The molecule has 1 aromatic rings. The van der Waals surface area contributed by atoms with Crippen molar-refractivity contribution in [2.24, 2.45) is 0 Å². The van der Waals surface area contributed by atoms with E-state index in [-0.39, 0.29) is 0 Å². The van der Waals surface area contributed by atoms with Gasteiger partial charge in [-0.25, -0.2) is 0 Å². The van der Waals surface area contributed by atoms with E-state index >= 15 is 0 Å². The largest absolute Gasteiger partial charge is 0.377 e. The molecule has 0 aliphatic carbocycles. The molecule has 1 atom stereocenters. The van der Waals surface area contributed by atoms with E-state index in [1.807, 2.05) is 37.3 Å². The van der Waals surface area contributed by atoms with Crippen LogP contribution in [0.15, 0.2) is 36.4 Å². The van der Waals surface area contributed by atoms with Crippen molar-refractivity contribution < 1.29 is 5.11 Å². The minimum Gasteiger partial charge on any atom is -0.377 e. The minimum absolute atomic E-state index is 0.791. The second kappa shape index (κ2) is 4.49. The van der Waals surface area contributed by atoms with Gasteiger partial charge in [0.1, 0.15) is 6.10 Å². The molecule has 0 aromatic heterocycles. The Morgan fingerprint density at radius 1 is 1.46 bits per heavy atom. The van der Waals surface area contributed by atoms with E-state index in [0.717, 1.165) is 11.1 Å². The Morgan fingerprint density at radius 3 is 2.62 bits per heavy atom. The zero-order chi connectivity index (χ0) is 9.68. The third-order valence-corrected chi connectivity index (χ3v) is 1.81. The highest BCUT2D eigenvalue weighted by Crippen LogP contribution is 2.12. The number of benzene rings is 1. The van der Waals surface area contributed by atoms with Crippen molar-refractivity contribution in [3.05, 3.63) is 42.0 Å². The number of aliphatic hydroxyl groups is 1. The van der Waals surface area contributed by atoms with Crippen LogP contribution in [0.1, 0.15) is 12.5 Å². The zero-order valence-corrected chi connectivity index (χ0v) is 7.57. The number of hydrogen-bond donors (Lipinski definition) is 1. The predicted molar refractivity (Wildman–Crippen MR) is 54.9 cm³/mol. The highest BCUT2D eigenvalue weighted by molar-refractivity contribution is 5.64. The lowest BCUT2D eigenvalue weighted by Crippen LogP contribution is -1.97. The van der Waals surface area contributed by atoms with E-state index in [1.165, 1.54) is 0 Å². The second-order valence-corrected chi connectivity index (χ2v) is 2.83. The molecule has 13 heavy (non-hydrogen) atoms. The van der Waals surface area contributed by atoms with Crippen LogP contribution >= 0.6 is 0 Å². The van der Waals surface area contributed by atoms with Crippen LogP contribution in [-0.4, -0.2) is 11.2 Å². The molecule has 0 heterocycles. The van der Waals surface area contributed by atoms with E-state index in [2.05, 4.69) is 5.92 Å². The molecule has 1 aromatic carbocycles. The maximum Gasteiger partial charge on any atom is 0.133 e. The summed E-state index contributed by atoms with van der Waals surface area (Å²) >= 11 is 0. The van der Waals surface area contributed by atoms with Crippen molar-refractivity contribution >= 4 is 5.57 Å². The Hall–Kier alpha value is -1.52. The molecule has 0 aliphatic heterocycles. The van der Waals surface area contributed by atoms with Crippen molar-refractivity contribution in [1.82, 2.24) is 0 Å². The summed E-state index contributed by atoms with van der Waals surface area (Å²) in [5.41, 5.74) is 2.07. The number of terminal acetylenes is 1. The molecule has 0 amide bonds. The number of rotatable bonds is 2. The molecule has 66 valence electrons. The van der Waals surface area contributed by atoms with Crippen LogP contribution < -0.4 is 0 Å². The number of aliphatic hydroxyl groups excluding tert-OH is 1. The molecule has 1 N–H and O–H groups in total. The Bertz CT molecular complexity index is 330. The Morgan fingerprint density at radius 2 is 2.08 bits per heavy atom. The molecule has 1 rings (SSSR count). The Balaban J connectivity index is 2.86. The van der Waals surface area contributed by atoms with E-state index in [9.17, 15) is 5.11 Å². The summed E-state index contributed by atoms with van der Waals surface area (Å²) in [6.07, 6.45) is 5.92. The first-order valence-corrected chi connectivity index (χ1v) is 4.12. The van der Waals surface area contributed by atoms with Crippen LogP contribution in [0.5, 0.6) is 0 Å². The van der Waals surface area contributed by atoms with Gasteiger partial charge in [0.2, 0.25) is 0 Å². The molecule has 0 bridgehead atoms. The fraction of sp³-hybridized carbons (Fsp3) is 0.167. The predicted octanol–water partition coefficient (Wildman–Crippen LogP) is 2.08. The van der Waals surface area contributed by atoms with Crippen LogP contribution in [0.25, 0.3) is 5.57 Å². The molecule has 1 unspecified atom stereocenters. The maximum absolute atomic E-state index is 9.18. The lowest BCUT2D eigenvalue weighted by atomic mass is 10.1. The third-order valence-electron chi connectivity index (χ3n) is 1.81. The van der Waals surface area contributed by atoms with Gasteiger partial charge in [-0.1, -0.05) is 36.3 Å².